The van der Waals surface area contributed by atoms with Crippen LogP contribution in [-0.4, -0.2) is 22.4 Å². The van der Waals surface area contributed by atoms with Gasteiger partial charge in [-0.3, -0.25) is 5.21 Å². The molecule has 0 fully saturated rings. The first-order valence-electron chi connectivity index (χ1n) is 4.31. The van der Waals surface area contributed by atoms with Crippen LogP contribution in [0, 0.1) is 0 Å². The Hall–Kier alpha value is -1.68. The van der Waals surface area contributed by atoms with Gasteiger partial charge in [-0.2, -0.15) is 0 Å². The summed E-state index contributed by atoms with van der Waals surface area (Å²) in [6.07, 6.45) is 0.705. The van der Waals surface area contributed by atoms with Gasteiger partial charge in [-0.25, -0.2) is 10.1 Å². The number of amidine groups is 1. The second kappa shape index (κ2) is 3.23. The lowest BCUT2D eigenvalue weighted by Gasteiger charge is -2.28. The maximum absolute atomic E-state index is 10.8. The highest BCUT2D eigenvalue weighted by Gasteiger charge is 2.25. The number of benzene rings is 1. The van der Waals surface area contributed by atoms with E-state index in [1.807, 2.05) is 18.2 Å². The van der Waals surface area contributed by atoms with Crippen molar-refractivity contribution in [2.45, 2.75) is 13.0 Å². The quantitative estimate of drug-likeness (QED) is 0.685. The lowest BCUT2D eigenvalue weighted by Crippen LogP contribution is -2.33. The van der Waals surface area contributed by atoms with Crippen molar-refractivity contribution >= 4 is 17.8 Å². The van der Waals surface area contributed by atoms with Crippen LogP contribution >= 0.6 is 0 Å². The molecule has 0 radical (unpaired) electrons. The summed E-state index contributed by atoms with van der Waals surface area (Å²) in [6.45, 7) is 1.66. The maximum atomic E-state index is 10.8. The molecule has 1 aliphatic heterocycles. The van der Waals surface area contributed by atoms with E-state index in [0.29, 0.717) is 12.1 Å². The second-order valence-corrected chi connectivity index (χ2v) is 3.14. The Kier molecular flexibility index (Phi) is 2.05. The Bertz CT molecular complexity index is 401. The Labute approximate surface area is 81.5 Å². The lowest BCUT2D eigenvalue weighted by molar-refractivity contribution is -0.123. The van der Waals surface area contributed by atoms with Gasteiger partial charge in [0.1, 0.15) is 18.2 Å². The number of hydroxylamine groups is 2. The number of hydrogen-bond acceptors (Lipinski definition) is 4. The van der Waals surface area contributed by atoms with E-state index in [2.05, 4.69) is 4.99 Å². The van der Waals surface area contributed by atoms with Crippen LogP contribution in [0.1, 0.15) is 18.5 Å². The van der Waals surface area contributed by atoms with Crippen LogP contribution in [-0.2, 0) is 4.79 Å². The summed E-state index contributed by atoms with van der Waals surface area (Å²) in [5, 5.41) is 10.4. The predicted molar refractivity (Wildman–Crippen MR) is 51.6 cm³/mol. The van der Waals surface area contributed by atoms with Gasteiger partial charge in [0.25, 0.3) is 0 Å². The first-order valence-corrected chi connectivity index (χ1v) is 4.31. The summed E-state index contributed by atoms with van der Waals surface area (Å²) < 4.78 is 0. The molecule has 0 saturated heterocycles. The van der Waals surface area contributed by atoms with Crippen LogP contribution in [0.2, 0.25) is 0 Å². The number of rotatable bonds is 1. The van der Waals surface area contributed by atoms with Gasteiger partial charge in [0.05, 0.1) is 5.69 Å². The summed E-state index contributed by atoms with van der Waals surface area (Å²) in [5.41, 5.74) is 1.48. The van der Waals surface area contributed by atoms with E-state index >= 15 is 0 Å². The molecule has 0 aromatic heterocycles. The number of aliphatic imine (C=N–C) groups is 1. The summed E-state index contributed by atoms with van der Waals surface area (Å²) in [4.78, 5) is 15.0. The molecule has 0 aliphatic carbocycles. The fourth-order valence-corrected chi connectivity index (χ4v) is 1.53. The first kappa shape index (κ1) is 8.90. The van der Waals surface area contributed by atoms with Gasteiger partial charge < -0.3 is 4.79 Å². The number of carbonyl (C=O) groups excluding carboxylic acids is 1. The third kappa shape index (κ3) is 1.20. The number of fused-ring (bicyclic) bond motifs is 1. The molecule has 0 amide bonds. The molecule has 72 valence electrons. The number of para-hydroxylation sites is 1. The Balaban J connectivity index is 2.58. The van der Waals surface area contributed by atoms with Crippen LogP contribution in [0.4, 0.5) is 5.69 Å². The molecule has 4 nitrogen and oxygen atoms in total. The van der Waals surface area contributed by atoms with Gasteiger partial charge in [-0.15, -0.1) is 0 Å². The first-order chi connectivity index (χ1) is 6.74. The maximum Gasteiger partial charge on any atom is 0.149 e. The molecule has 1 aromatic carbocycles. The monoisotopic (exact) mass is 190 g/mol. The van der Waals surface area contributed by atoms with Crippen molar-refractivity contribution in [3.8, 4) is 0 Å². The van der Waals surface area contributed by atoms with Crippen molar-refractivity contribution in [3.05, 3.63) is 29.8 Å². The van der Waals surface area contributed by atoms with Gasteiger partial charge >= 0.3 is 0 Å². The van der Waals surface area contributed by atoms with E-state index < -0.39 is 6.04 Å². The van der Waals surface area contributed by atoms with E-state index in [4.69, 9.17) is 0 Å². The van der Waals surface area contributed by atoms with Crippen LogP contribution in [0.3, 0.4) is 0 Å². The van der Waals surface area contributed by atoms with Crippen molar-refractivity contribution < 1.29 is 10.0 Å². The zero-order valence-electron chi connectivity index (χ0n) is 7.71. The van der Waals surface area contributed by atoms with Gasteiger partial charge in [-0.1, -0.05) is 18.2 Å². The van der Waals surface area contributed by atoms with Crippen molar-refractivity contribution in [2.75, 3.05) is 0 Å². The highest BCUT2D eigenvalue weighted by Crippen LogP contribution is 2.31. The Morgan fingerprint density at radius 3 is 2.93 bits per heavy atom. The number of nitrogens with zero attached hydrogens (tertiary/aromatic N) is 2. The molecular weight excluding hydrogens is 180 g/mol. The van der Waals surface area contributed by atoms with Crippen molar-refractivity contribution in [1.29, 1.82) is 0 Å². The van der Waals surface area contributed by atoms with E-state index in [0.717, 1.165) is 16.3 Å². The summed E-state index contributed by atoms with van der Waals surface area (Å²) in [6, 6.07) is 6.64. The van der Waals surface area contributed by atoms with Gasteiger partial charge in [0.15, 0.2) is 0 Å². The summed E-state index contributed by atoms with van der Waals surface area (Å²) in [5.74, 6) is 0.431. The highest BCUT2D eigenvalue weighted by molar-refractivity contribution is 5.88. The molecule has 1 aromatic rings. The third-order valence-corrected chi connectivity index (χ3v) is 2.26. The van der Waals surface area contributed by atoms with E-state index in [1.165, 1.54) is 0 Å². The Morgan fingerprint density at radius 1 is 1.50 bits per heavy atom. The molecule has 1 aliphatic rings. The molecular formula is C10H10N2O2. The standard InChI is InChI=1S/C10H10N2O2/c1-7-11-9-5-3-2-4-8(9)10(6-13)12(7)14/h2-6,10,14H,1H3. The third-order valence-electron chi connectivity index (χ3n) is 2.26. The highest BCUT2D eigenvalue weighted by atomic mass is 16.5. The number of hydrogen-bond donors (Lipinski definition) is 1. The predicted octanol–water partition coefficient (Wildman–Crippen LogP) is 1.68. The molecule has 4 heteroatoms. The molecule has 1 N–H and O–H groups in total. The molecule has 1 heterocycles. The topological polar surface area (TPSA) is 52.9 Å². The van der Waals surface area contributed by atoms with E-state index in [-0.39, 0.29) is 0 Å². The lowest BCUT2D eigenvalue weighted by atomic mass is 10.0. The SMILES string of the molecule is CC1=Nc2ccccc2C(C=O)N1O. The zero-order chi connectivity index (χ0) is 10.1. The molecule has 14 heavy (non-hydrogen) atoms. The van der Waals surface area contributed by atoms with Crippen molar-refractivity contribution in [3.63, 3.8) is 0 Å². The average Bonchev–Trinajstić information content (AvgIpc) is 2.20. The largest absolute Gasteiger partial charge is 0.301 e. The smallest absolute Gasteiger partial charge is 0.149 e. The van der Waals surface area contributed by atoms with Crippen molar-refractivity contribution in [1.82, 2.24) is 5.06 Å². The van der Waals surface area contributed by atoms with Crippen molar-refractivity contribution in [2.24, 2.45) is 4.99 Å². The van der Waals surface area contributed by atoms with E-state index in [9.17, 15) is 10.0 Å². The fraction of sp³-hybridized carbons (Fsp3) is 0.200. The number of carbonyl (C=O) groups is 1. The summed E-state index contributed by atoms with van der Waals surface area (Å²) in [7, 11) is 0. The van der Waals surface area contributed by atoms with Gasteiger partial charge in [0.2, 0.25) is 0 Å². The molecule has 0 saturated carbocycles. The molecule has 0 bridgehead atoms. The van der Waals surface area contributed by atoms with Gasteiger partial charge in [-0.05, 0) is 13.0 Å². The van der Waals surface area contributed by atoms with Crippen LogP contribution in [0.25, 0.3) is 0 Å². The minimum Gasteiger partial charge on any atom is -0.301 e. The zero-order valence-corrected chi connectivity index (χ0v) is 7.71. The number of aldehydes is 1. The molecule has 2 rings (SSSR count). The molecule has 1 unspecified atom stereocenters. The Morgan fingerprint density at radius 2 is 2.21 bits per heavy atom. The second-order valence-electron chi connectivity index (χ2n) is 3.14. The van der Waals surface area contributed by atoms with Crippen LogP contribution < -0.4 is 0 Å². The van der Waals surface area contributed by atoms with Crippen LogP contribution in [0.15, 0.2) is 29.3 Å². The molecule has 1 atom stereocenters. The van der Waals surface area contributed by atoms with Crippen LogP contribution in [0.5, 0.6) is 0 Å². The summed E-state index contributed by atoms with van der Waals surface area (Å²) >= 11 is 0. The molecule has 0 spiro atoms. The minimum absolute atomic E-state index is 0.431. The normalized spacial score (nSPS) is 20.0. The average molecular weight is 190 g/mol. The van der Waals surface area contributed by atoms with E-state index in [1.54, 1.807) is 13.0 Å². The fourth-order valence-electron chi connectivity index (χ4n) is 1.53. The van der Waals surface area contributed by atoms with Gasteiger partial charge in [0, 0.05) is 5.56 Å². The minimum atomic E-state index is -0.635.